The van der Waals surface area contributed by atoms with Crippen LogP contribution in [0.25, 0.3) is 0 Å². The quantitative estimate of drug-likeness (QED) is 0.852. The SMILES string of the molecule is COc1ccc(OC)c(NC(=O)c2cc(CN3CCOCC3)on2)c1. The third kappa shape index (κ3) is 4.28. The summed E-state index contributed by atoms with van der Waals surface area (Å²) in [6, 6.07) is 6.81. The highest BCUT2D eigenvalue weighted by molar-refractivity contribution is 6.03. The van der Waals surface area contributed by atoms with Gasteiger partial charge in [0.15, 0.2) is 11.5 Å². The molecule has 134 valence electrons. The van der Waals surface area contributed by atoms with E-state index in [9.17, 15) is 4.79 Å². The van der Waals surface area contributed by atoms with E-state index in [1.54, 1.807) is 31.4 Å². The van der Waals surface area contributed by atoms with Crippen molar-refractivity contribution >= 4 is 11.6 Å². The second-order valence-electron chi connectivity index (χ2n) is 5.59. The average Bonchev–Trinajstić information content (AvgIpc) is 3.11. The first-order chi connectivity index (χ1) is 12.2. The lowest BCUT2D eigenvalue weighted by Gasteiger charge is -2.25. The molecule has 1 amide bonds. The summed E-state index contributed by atoms with van der Waals surface area (Å²) >= 11 is 0. The first kappa shape index (κ1) is 17.2. The van der Waals surface area contributed by atoms with Gasteiger partial charge in [-0.3, -0.25) is 9.69 Å². The Kier molecular flexibility index (Phi) is 5.52. The number of benzene rings is 1. The largest absolute Gasteiger partial charge is 0.497 e. The number of aromatic nitrogens is 1. The highest BCUT2D eigenvalue weighted by Crippen LogP contribution is 2.29. The van der Waals surface area contributed by atoms with Gasteiger partial charge in [0.05, 0.1) is 39.7 Å². The molecule has 1 aliphatic heterocycles. The van der Waals surface area contributed by atoms with Gasteiger partial charge in [0, 0.05) is 25.2 Å². The lowest BCUT2D eigenvalue weighted by atomic mass is 10.2. The molecule has 1 aliphatic rings. The molecule has 8 heteroatoms. The molecule has 0 aliphatic carbocycles. The van der Waals surface area contributed by atoms with E-state index in [4.69, 9.17) is 18.7 Å². The molecular formula is C17H21N3O5. The summed E-state index contributed by atoms with van der Waals surface area (Å²) in [6.07, 6.45) is 0. The number of carbonyl (C=O) groups excluding carboxylic acids is 1. The molecule has 0 spiro atoms. The number of nitrogens with one attached hydrogen (secondary N) is 1. The number of nitrogens with zero attached hydrogens (tertiary/aromatic N) is 2. The maximum atomic E-state index is 12.4. The molecule has 1 saturated heterocycles. The van der Waals surface area contributed by atoms with Gasteiger partial charge in [-0.25, -0.2) is 0 Å². The van der Waals surface area contributed by atoms with Gasteiger partial charge < -0.3 is 24.1 Å². The van der Waals surface area contributed by atoms with Crippen LogP contribution in [-0.2, 0) is 11.3 Å². The fourth-order valence-corrected chi connectivity index (χ4v) is 2.57. The number of ether oxygens (including phenoxy) is 3. The van der Waals surface area contributed by atoms with Gasteiger partial charge in [-0.05, 0) is 12.1 Å². The summed E-state index contributed by atoms with van der Waals surface area (Å²) in [5.74, 6) is 1.42. The highest BCUT2D eigenvalue weighted by Gasteiger charge is 2.18. The van der Waals surface area contributed by atoms with Crippen LogP contribution in [0.4, 0.5) is 5.69 Å². The lowest BCUT2D eigenvalue weighted by Crippen LogP contribution is -2.35. The zero-order valence-electron chi connectivity index (χ0n) is 14.3. The van der Waals surface area contributed by atoms with Gasteiger partial charge in [-0.1, -0.05) is 5.16 Å². The van der Waals surface area contributed by atoms with Crippen LogP contribution in [0.15, 0.2) is 28.8 Å². The average molecular weight is 347 g/mol. The zero-order valence-corrected chi connectivity index (χ0v) is 14.3. The number of morpholine rings is 1. The first-order valence-corrected chi connectivity index (χ1v) is 7.98. The standard InChI is InChI=1S/C17H21N3O5/c1-22-12-3-4-16(23-2)14(9-12)18-17(21)15-10-13(25-19-15)11-20-5-7-24-8-6-20/h3-4,9-10H,5-8,11H2,1-2H3,(H,18,21). The van der Waals surface area contributed by atoms with Crippen LogP contribution >= 0.6 is 0 Å². The van der Waals surface area contributed by atoms with Gasteiger partial charge in [0.1, 0.15) is 11.5 Å². The van der Waals surface area contributed by atoms with Crippen molar-refractivity contribution in [1.29, 1.82) is 0 Å². The third-order valence-electron chi connectivity index (χ3n) is 3.93. The Morgan fingerprint density at radius 1 is 1.24 bits per heavy atom. The summed E-state index contributed by atoms with van der Waals surface area (Å²) in [4.78, 5) is 14.6. The Labute approximate surface area is 145 Å². The van der Waals surface area contributed by atoms with Gasteiger partial charge in [0.2, 0.25) is 0 Å². The van der Waals surface area contributed by atoms with Gasteiger partial charge in [-0.15, -0.1) is 0 Å². The van der Waals surface area contributed by atoms with Gasteiger partial charge in [-0.2, -0.15) is 0 Å². The first-order valence-electron chi connectivity index (χ1n) is 7.98. The van der Waals surface area contributed by atoms with Crippen LogP contribution < -0.4 is 14.8 Å². The number of rotatable bonds is 6. The molecule has 0 bridgehead atoms. The molecule has 1 fully saturated rings. The Bertz CT molecular complexity index is 725. The molecule has 8 nitrogen and oxygen atoms in total. The van der Waals surface area contributed by atoms with E-state index in [1.807, 2.05) is 0 Å². The maximum absolute atomic E-state index is 12.4. The zero-order chi connectivity index (χ0) is 17.6. The number of methoxy groups -OCH3 is 2. The monoisotopic (exact) mass is 347 g/mol. The number of carbonyl (C=O) groups is 1. The molecule has 0 atom stereocenters. The maximum Gasteiger partial charge on any atom is 0.277 e. The summed E-state index contributed by atoms with van der Waals surface area (Å²) in [5.41, 5.74) is 0.720. The molecule has 0 unspecified atom stereocenters. The molecule has 1 N–H and O–H groups in total. The second kappa shape index (κ2) is 8.00. The minimum Gasteiger partial charge on any atom is -0.497 e. The summed E-state index contributed by atoms with van der Waals surface area (Å²) in [6.45, 7) is 3.69. The number of hydrogen-bond donors (Lipinski definition) is 1. The fraction of sp³-hybridized carbons (Fsp3) is 0.412. The molecule has 2 aromatic rings. The molecule has 0 radical (unpaired) electrons. The molecule has 1 aromatic heterocycles. The van der Waals surface area contributed by atoms with E-state index < -0.39 is 0 Å². The van der Waals surface area contributed by atoms with E-state index in [0.29, 0.717) is 42.7 Å². The van der Waals surface area contributed by atoms with Crippen LogP contribution in [0.2, 0.25) is 0 Å². The smallest absolute Gasteiger partial charge is 0.277 e. The van der Waals surface area contributed by atoms with Gasteiger partial charge >= 0.3 is 0 Å². The van der Waals surface area contributed by atoms with Gasteiger partial charge in [0.25, 0.3) is 5.91 Å². The van der Waals surface area contributed by atoms with Crippen molar-refractivity contribution < 1.29 is 23.5 Å². The van der Waals surface area contributed by atoms with E-state index in [0.717, 1.165) is 13.1 Å². The second-order valence-corrected chi connectivity index (χ2v) is 5.59. The molecular weight excluding hydrogens is 326 g/mol. The number of hydrogen-bond acceptors (Lipinski definition) is 7. The topological polar surface area (TPSA) is 86.1 Å². The summed E-state index contributed by atoms with van der Waals surface area (Å²) < 4.78 is 21.0. The Hall–Kier alpha value is -2.58. The van der Waals surface area contributed by atoms with Crippen molar-refractivity contribution in [1.82, 2.24) is 10.1 Å². The summed E-state index contributed by atoms with van der Waals surface area (Å²) in [7, 11) is 3.09. The van der Waals surface area contributed by atoms with Crippen molar-refractivity contribution in [2.75, 3.05) is 45.8 Å². The summed E-state index contributed by atoms with van der Waals surface area (Å²) in [5, 5.41) is 6.63. The molecule has 25 heavy (non-hydrogen) atoms. The van der Waals surface area contributed by atoms with Crippen LogP contribution in [0.3, 0.4) is 0 Å². The van der Waals surface area contributed by atoms with Crippen LogP contribution in [0.1, 0.15) is 16.2 Å². The van der Waals surface area contributed by atoms with E-state index in [-0.39, 0.29) is 11.6 Å². The van der Waals surface area contributed by atoms with Crippen molar-refractivity contribution in [3.05, 3.63) is 35.7 Å². The number of anilines is 1. The normalized spacial score (nSPS) is 15.0. The van der Waals surface area contributed by atoms with Crippen molar-refractivity contribution in [3.63, 3.8) is 0 Å². The van der Waals surface area contributed by atoms with Crippen LogP contribution in [0.5, 0.6) is 11.5 Å². The lowest BCUT2D eigenvalue weighted by molar-refractivity contribution is 0.0305. The Morgan fingerprint density at radius 2 is 2.04 bits per heavy atom. The predicted molar refractivity (Wildman–Crippen MR) is 90.1 cm³/mol. The predicted octanol–water partition coefficient (Wildman–Crippen LogP) is 1.78. The molecule has 3 rings (SSSR count). The Balaban J connectivity index is 1.67. The number of amides is 1. The van der Waals surface area contributed by atoms with Crippen LogP contribution in [-0.4, -0.2) is 56.5 Å². The molecule has 0 saturated carbocycles. The molecule has 1 aromatic carbocycles. The third-order valence-corrected chi connectivity index (χ3v) is 3.93. The van der Waals surface area contributed by atoms with Crippen molar-refractivity contribution in [2.24, 2.45) is 0 Å². The van der Waals surface area contributed by atoms with Crippen molar-refractivity contribution in [3.8, 4) is 11.5 Å². The highest BCUT2D eigenvalue weighted by atomic mass is 16.5. The van der Waals surface area contributed by atoms with E-state index in [2.05, 4.69) is 15.4 Å². The van der Waals surface area contributed by atoms with Crippen LogP contribution in [0, 0.1) is 0 Å². The fourth-order valence-electron chi connectivity index (χ4n) is 2.57. The minimum atomic E-state index is -0.372. The minimum absolute atomic E-state index is 0.216. The van der Waals surface area contributed by atoms with E-state index in [1.165, 1.54) is 7.11 Å². The van der Waals surface area contributed by atoms with Crippen molar-refractivity contribution in [2.45, 2.75) is 6.54 Å². The Morgan fingerprint density at radius 3 is 2.76 bits per heavy atom. The molecule has 2 heterocycles. The van der Waals surface area contributed by atoms with E-state index >= 15 is 0 Å².